The number of aryl methyl sites for hydroxylation is 3. The van der Waals surface area contributed by atoms with Gasteiger partial charge in [-0.1, -0.05) is 6.07 Å². The van der Waals surface area contributed by atoms with Gasteiger partial charge in [-0.3, -0.25) is 4.68 Å². The Morgan fingerprint density at radius 3 is 2.47 bits per heavy atom. The van der Waals surface area contributed by atoms with Crippen LogP contribution in [0.4, 0.5) is 0 Å². The van der Waals surface area contributed by atoms with Gasteiger partial charge in [0.05, 0.1) is 11.3 Å². The van der Waals surface area contributed by atoms with Crippen molar-refractivity contribution in [1.82, 2.24) is 9.78 Å². The van der Waals surface area contributed by atoms with E-state index in [0.29, 0.717) is 5.56 Å². The summed E-state index contributed by atoms with van der Waals surface area (Å²) in [6.07, 6.45) is 0. The average molecular weight is 258 g/mol. The molecule has 0 spiro atoms. The van der Waals surface area contributed by atoms with E-state index in [0.717, 1.165) is 34.6 Å². The number of benzene rings is 1. The predicted octanol–water partition coefficient (Wildman–Crippen LogP) is 3.19. The fraction of sp³-hybridized carbons (Fsp3) is 0.333. The van der Waals surface area contributed by atoms with Crippen LogP contribution >= 0.6 is 0 Å². The van der Waals surface area contributed by atoms with Gasteiger partial charge >= 0.3 is 5.97 Å². The Balaban J connectivity index is 2.60. The summed E-state index contributed by atoms with van der Waals surface area (Å²) in [6, 6.07) is 5.22. The number of rotatable bonds is 3. The predicted molar refractivity (Wildman–Crippen MR) is 74.5 cm³/mol. The summed E-state index contributed by atoms with van der Waals surface area (Å²) in [4.78, 5) is 11.0. The van der Waals surface area contributed by atoms with Crippen LogP contribution in [0.2, 0.25) is 0 Å². The lowest BCUT2D eigenvalue weighted by atomic mass is 9.97. The smallest absolute Gasteiger partial charge is 0.335 e. The molecular weight excluding hydrogens is 240 g/mol. The summed E-state index contributed by atoms with van der Waals surface area (Å²) in [5.74, 6) is -0.896. The minimum Gasteiger partial charge on any atom is -0.478 e. The molecule has 0 aliphatic heterocycles. The van der Waals surface area contributed by atoms with Crippen molar-refractivity contribution in [2.75, 3.05) is 0 Å². The maximum Gasteiger partial charge on any atom is 0.335 e. The van der Waals surface area contributed by atoms with Crippen molar-refractivity contribution in [3.8, 4) is 11.1 Å². The van der Waals surface area contributed by atoms with Crippen LogP contribution in [0.15, 0.2) is 18.2 Å². The third-order valence-electron chi connectivity index (χ3n) is 3.42. The summed E-state index contributed by atoms with van der Waals surface area (Å²) in [5.41, 5.74) is 5.54. The molecule has 1 aromatic carbocycles. The van der Waals surface area contributed by atoms with Crippen LogP contribution in [0.3, 0.4) is 0 Å². The van der Waals surface area contributed by atoms with E-state index in [4.69, 9.17) is 5.11 Å². The lowest BCUT2D eigenvalue weighted by Crippen LogP contribution is -1.99. The average Bonchev–Trinajstić information content (AvgIpc) is 2.64. The molecule has 0 radical (unpaired) electrons. The van der Waals surface area contributed by atoms with Crippen LogP contribution in [0.1, 0.15) is 34.2 Å². The van der Waals surface area contributed by atoms with Gasteiger partial charge in [0.1, 0.15) is 0 Å². The van der Waals surface area contributed by atoms with Gasteiger partial charge in [0.15, 0.2) is 0 Å². The Morgan fingerprint density at radius 1 is 1.32 bits per heavy atom. The lowest BCUT2D eigenvalue weighted by molar-refractivity contribution is 0.0697. The first-order valence-corrected chi connectivity index (χ1v) is 6.34. The Bertz CT molecular complexity index is 642. The highest BCUT2D eigenvalue weighted by atomic mass is 16.4. The van der Waals surface area contributed by atoms with Crippen molar-refractivity contribution in [2.24, 2.45) is 0 Å². The molecule has 2 aromatic rings. The topological polar surface area (TPSA) is 55.1 Å². The number of carboxylic acid groups (broad SMARTS) is 1. The Labute approximate surface area is 112 Å². The molecule has 0 amide bonds. The fourth-order valence-electron chi connectivity index (χ4n) is 2.47. The van der Waals surface area contributed by atoms with Crippen molar-refractivity contribution in [2.45, 2.75) is 34.2 Å². The normalized spacial score (nSPS) is 10.7. The van der Waals surface area contributed by atoms with Crippen molar-refractivity contribution in [1.29, 1.82) is 0 Å². The number of carbonyl (C=O) groups is 1. The number of hydrogen-bond acceptors (Lipinski definition) is 2. The van der Waals surface area contributed by atoms with Gasteiger partial charge in [0, 0.05) is 17.8 Å². The molecule has 1 aromatic heterocycles. The zero-order valence-electron chi connectivity index (χ0n) is 11.7. The van der Waals surface area contributed by atoms with Crippen LogP contribution < -0.4 is 0 Å². The van der Waals surface area contributed by atoms with Gasteiger partial charge in [-0.25, -0.2) is 4.79 Å². The van der Waals surface area contributed by atoms with E-state index < -0.39 is 5.97 Å². The van der Waals surface area contributed by atoms with Gasteiger partial charge in [-0.2, -0.15) is 5.10 Å². The monoisotopic (exact) mass is 258 g/mol. The van der Waals surface area contributed by atoms with Crippen molar-refractivity contribution < 1.29 is 9.90 Å². The first-order valence-electron chi connectivity index (χ1n) is 6.34. The summed E-state index contributed by atoms with van der Waals surface area (Å²) >= 11 is 0. The van der Waals surface area contributed by atoms with E-state index in [1.807, 2.05) is 31.5 Å². The van der Waals surface area contributed by atoms with Crippen LogP contribution in [0, 0.1) is 20.8 Å². The standard InChI is InChI=1S/C15H18N2O2/c1-5-17-11(4)14(10(3)16-17)13-7-6-12(15(18)19)8-9(13)2/h6-8H,5H2,1-4H3,(H,18,19). The number of aromatic nitrogens is 2. The van der Waals surface area contributed by atoms with Gasteiger partial charge in [0.2, 0.25) is 0 Å². The molecule has 0 saturated carbocycles. The molecule has 4 nitrogen and oxygen atoms in total. The first-order chi connectivity index (χ1) is 8.95. The van der Waals surface area contributed by atoms with Crippen LogP contribution in [0.25, 0.3) is 11.1 Å². The van der Waals surface area contributed by atoms with E-state index in [9.17, 15) is 4.79 Å². The van der Waals surface area contributed by atoms with Crippen molar-refractivity contribution in [3.63, 3.8) is 0 Å². The van der Waals surface area contributed by atoms with Crippen molar-refractivity contribution in [3.05, 3.63) is 40.7 Å². The molecule has 1 heterocycles. The summed E-state index contributed by atoms with van der Waals surface area (Å²) in [5, 5.41) is 13.5. The maximum atomic E-state index is 11.0. The molecule has 4 heteroatoms. The van der Waals surface area contributed by atoms with E-state index in [-0.39, 0.29) is 0 Å². The quantitative estimate of drug-likeness (QED) is 0.919. The van der Waals surface area contributed by atoms with Crippen LogP contribution in [-0.2, 0) is 6.54 Å². The van der Waals surface area contributed by atoms with Crippen molar-refractivity contribution >= 4 is 5.97 Å². The second-order valence-corrected chi connectivity index (χ2v) is 4.70. The Hall–Kier alpha value is -2.10. The number of nitrogens with zero attached hydrogens (tertiary/aromatic N) is 2. The summed E-state index contributed by atoms with van der Waals surface area (Å²) in [6.45, 7) is 8.86. The minimum absolute atomic E-state index is 0.319. The Kier molecular flexibility index (Phi) is 3.42. The second-order valence-electron chi connectivity index (χ2n) is 4.70. The second kappa shape index (κ2) is 4.88. The first kappa shape index (κ1) is 13.3. The number of aromatic carboxylic acids is 1. The van der Waals surface area contributed by atoms with E-state index in [1.165, 1.54) is 0 Å². The van der Waals surface area contributed by atoms with Gasteiger partial charge < -0.3 is 5.11 Å². The van der Waals surface area contributed by atoms with Crippen LogP contribution in [-0.4, -0.2) is 20.9 Å². The Morgan fingerprint density at radius 2 is 2.00 bits per heavy atom. The molecule has 0 bridgehead atoms. The number of carboxylic acids is 1. The third-order valence-corrected chi connectivity index (χ3v) is 3.42. The zero-order chi connectivity index (χ0) is 14.2. The van der Waals surface area contributed by atoms with Gasteiger partial charge in [-0.15, -0.1) is 0 Å². The maximum absolute atomic E-state index is 11.0. The fourth-order valence-corrected chi connectivity index (χ4v) is 2.47. The SMILES string of the molecule is CCn1nc(C)c(-c2ccc(C(=O)O)cc2C)c1C. The van der Waals surface area contributed by atoms with E-state index in [2.05, 4.69) is 12.0 Å². The molecule has 19 heavy (non-hydrogen) atoms. The largest absolute Gasteiger partial charge is 0.478 e. The zero-order valence-corrected chi connectivity index (χ0v) is 11.7. The summed E-state index contributed by atoms with van der Waals surface area (Å²) < 4.78 is 1.97. The molecule has 0 aliphatic rings. The minimum atomic E-state index is -0.896. The molecule has 1 N–H and O–H groups in total. The molecule has 0 atom stereocenters. The van der Waals surface area contributed by atoms with E-state index in [1.54, 1.807) is 12.1 Å². The molecular formula is C15H18N2O2. The third kappa shape index (κ3) is 2.26. The molecule has 100 valence electrons. The van der Waals surface area contributed by atoms with Gasteiger partial charge in [-0.05, 0) is 51.0 Å². The summed E-state index contributed by atoms with van der Waals surface area (Å²) in [7, 11) is 0. The highest BCUT2D eigenvalue weighted by Crippen LogP contribution is 2.30. The molecule has 0 fully saturated rings. The molecule has 0 aliphatic carbocycles. The lowest BCUT2D eigenvalue weighted by Gasteiger charge is -2.08. The van der Waals surface area contributed by atoms with Crippen LogP contribution in [0.5, 0.6) is 0 Å². The molecule has 2 rings (SSSR count). The van der Waals surface area contributed by atoms with Gasteiger partial charge in [0.25, 0.3) is 0 Å². The molecule has 0 saturated heterocycles. The molecule has 0 unspecified atom stereocenters. The number of hydrogen-bond donors (Lipinski definition) is 1. The highest BCUT2D eigenvalue weighted by molar-refractivity contribution is 5.89. The van der Waals surface area contributed by atoms with E-state index >= 15 is 0 Å². The highest BCUT2D eigenvalue weighted by Gasteiger charge is 2.15.